The number of nitrogens with zero attached hydrogens (tertiary/aromatic N) is 2. The third-order valence-electron chi connectivity index (χ3n) is 11.9. The van der Waals surface area contributed by atoms with Crippen LogP contribution in [0.5, 0.6) is 0 Å². The maximum absolute atomic E-state index is 4.23. The molecular formula is C52H49IN4. The van der Waals surface area contributed by atoms with Gasteiger partial charge in [-0.2, -0.15) is 0 Å². The van der Waals surface area contributed by atoms with E-state index in [-0.39, 0.29) is 36.5 Å². The lowest BCUT2D eigenvalue weighted by atomic mass is 9.93. The van der Waals surface area contributed by atoms with Crippen LogP contribution in [0, 0.1) is 3.57 Å². The molecule has 0 spiro atoms. The van der Waals surface area contributed by atoms with Gasteiger partial charge in [-0.1, -0.05) is 200 Å². The third kappa shape index (κ3) is 8.13. The van der Waals surface area contributed by atoms with E-state index >= 15 is 0 Å². The second-order valence-electron chi connectivity index (χ2n) is 15.3. The Labute approximate surface area is 351 Å². The van der Waals surface area contributed by atoms with Crippen molar-refractivity contribution in [1.29, 1.82) is 0 Å². The molecule has 0 amide bonds. The van der Waals surface area contributed by atoms with Gasteiger partial charge in [0, 0.05) is 16.7 Å². The Balaban J connectivity index is 1.14. The van der Waals surface area contributed by atoms with E-state index in [1.165, 1.54) is 48.1 Å². The van der Waals surface area contributed by atoms with Crippen molar-refractivity contribution in [3.63, 3.8) is 0 Å². The van der Waals surface area contributed by atoms with E-state index < -0.39 is 0 Å². The first-order valence-electron chi connectivity index (χ1n) is 20.3. The molecule has 0 aliphatic carbocycles. The van der Waals surface area contributed by atoms with Crippen LogP contribution in [0.2, 0.25) is 0 Å². The number of rotatable bonds is 12. The van der Waals surface area contributed by atoms with Crippen molar-refractivity contribution in [2.45, 2.75) is 49.3 Å². The molecule has 7 aromatic carbocycles. The normalized spacial score (nSPS) is 22.5. The third-order valence-corrected chi connectivity index (χ3v) is 13.2. The molecule has 5 heteroatoms. The number of hydrogen-bond acceptors (Lipinski definition) is 4. The first-order valence-corrected chi connectivity index (χ1v) is 21.4. The molecule has 0 unspecified atom stereocenters. The molecule has 0 aromatic heterocycles. The molecular weight excluding hydrogens is 808 g/mol. The fourth-order valence-electron chi connectivity index (χ4n) is 9.23. The van der Waals surface area contributed by atoms with Gasteiger partial charge in [0.25, 0.3) is 0 Å². The van der Waals surface area contributed by atoms with Gasteiger partial charge in [-0.15, -0.1) is 0 Å². The lowest BCUT2D eigenvalue weighted by Crippen LogP contribution is -2.34. The van der Waals surface area contributed by atoms with E-state index in [1.807, 2.05) is 0 Å². The van der Waals surface area contributed by atoms with E-state index in [0.29, 0.717) is 0 Å². The molecule has 9 rings (SSSR count). The monoisotopic (exact) mass is 856 g/mol. The summed E-state index contributed by atoms with van der Waals surface area (Å²) >= 11 is 2.67. The van der Waals surface area contributed by atoms with Crippen LogP contribution in [0.25, 0.3) is 0 Å². The van der Waals surface area contributed by atoms with Crippen molar-refractivity contribution in [3.8, 4) is 0 Å². The first kappa shape index (κ1) is 37.7. The largest absolute Gasteiger partial charge is 0.289 e. The molecule has 2 aliphatic rings. The fraction of sp³-hybridized carbons (Fsp3) is 0.192. The molecule has 2 fully saturated rings. The highest BCUT2D eigenvalue weighted by Crippen LogP contribution is 2.50. The van der Waals surface area contributed by atoms with Crippen LogP contribution in [0.4, 0.5) is 0 Å². The molecule has 7 aromatic rings. The minimum absolute atomic E-state index is 0.00462. The Hall–Kier alpha value is -4.89. The van der Waals surface area contributed by atoms with Gasteiger partial charge in [0.15, 0.2) is 0 Å². The van der Waals surface area contributed by atoms with Crippen LogP contribution >= 0.6 is 22.6 Å². The highest BCUT2D eigenvalue weighted by atomic mass is 127. The Kier molecular flexibility index (Phi) is 11.7. The quantitative estimate of drug-likeness (QED) is 0.120. The van der Waals surface area contributed by atoms with E-state index in [0.717, 1.165) is 25.9 Å². The lowest BCUT2D eigenvalue weighted by Gasteiger charge is -2.33. The maximum atomic E-state index is 4.23. The van der Waals surface area contributed by atoms with Gasteiger partial charge in [0.1, 0.15) is 0 Å². The average molecular weight is 857 g/mol. The summed E-state index contributed by atoms with van der Waals surface area (Å²) in [4.78, 5) is 5.46. The van der Waals surface area contributed by atoms with Crippen molar-refractivity contribution < 1.29 is 0 Å². The summed E-state index contributed by atoms with van der Waals surface area (Å²) in [6.45, 7) is 1.84. The van der Waals surface area contributed by atoms with Crippen LogP contribution in [-0.2, 0) is 12.8 Å². The van der Waals surface area contributed by atoms with Crippen molar-refractivity contribution in [2.75, 3.05) is 13.1 Å². The van der Waals surface area contributed by atoms with Gasteiger partial charge in [-0.25, -0.2) is 0 Å². The average Bonchev–Trinajstić information content (AvgIpc) is 3.86. The van der Waals surface area contributed by atoms with Gasteiger partial charge in [0.05, 0.1) is 36.5 Å². The van der Waals surface area contributed by atoms with Crippen LogP contribution in [0.1, 0.15) is 81.0 Å². The predicted octanol–water partition coefficient (Wildman–Crippen LogP) is 11.5. The van der Waals surface area contributed by atoms with Crippen molar-refractivity contribution in [1.82, 2.24) is 20.4 Å². The SMILES string of the molecule is Ic1c([C@H]2N[C@H](c3ccccc3)[C@@H](c3ccccc3)N2CCc2ccccc2)cccc1[C@H]1N[C@H](c2ccccc2)[C@@H](c2ccccc2)N1CCc1ccccc1. The number of hydrogen-bond donors (Lipinski definition) is 2. The minimum atomic E-state index is 0.00462. The van der Waals surface area contributed by atoms with Gasteiger partial charge >= 0.3 is 0 Å². The fourth-order valence-corrected chi connectivity index (χ4v) is 10.2. The highest BCUT2D eigenvalue weighted by molar-refractivity contribution is 14.1. The molecule has 2 aliphatic heterocycles. The Morgan fingerprint density at radius 3 is 1.04 bits per heavy atom. The van der Waals surface area contributed by atoms with E-state index in [9.17, 15) is 0 Å². The zero-order valence-electron chi connectivity index (χ0n) is 32.1. The maximum Gasteiger partial charge on any atom is 0.0882 e. The molecule has 2 N–H and O–H groups in total. The van der Waals surface area contributed by atoms with Crippen LogP contribution in [-0.4, -0.2) is 22.9 Å². The number of benzene rings is 7. The van der Waals surface area contributed by atoms with E-state index in [4.69, 9.17) is 0 Å². The summed E-state index contributed by atoms with van der Waals surface area (Å²) in [6.07, 6.45) is 1.94. The summed E-state index contributed by atoms with van der Waals surface area (Å²) in [7, 11) is 0. The smallest absolute Gasteiger partial charge is 0.0882 e. The minimum Gasteiger partial charge on any atom is -0.289 e. The van der Waals surface area contributed by atoms with E-state index in [2.05, 4.69) is 243 Å². The topological polar surface area (TPSA) is 30.5 Å². The Morgan fingerprint density at radius 2 is 0.684 bits per heavy atom. The van der Waals surface area contributed by atoms with Crippen LogP contribution in [0.3, 0.4) is 0 Å². The van der Waals surface area contributed by atoms with Gasteiger partial charge in [0.2, 0.25) is 0 Å². The van der Waals surface area contributed by atoms with Gasteiger partial charge in [-0.05, 0) is 79.9 Å². The summed E-state index contributed by atoms with van der Waals surface area (Å²) in [6, 6.07) is 73.8. The van der Waals surface area contributed by atoms with Crippen molar-refractivity contribution in [2.24, 2.45) is 0 Å². The molecule has 2 heterocycles. The number of halogens is 1. The van der Waals surface area contributed by atoms with Crippen LogP contribution < -0.4 is 10.6 Å². The van der Waals surface area contributed by atoms with Crippen molar-refractivity contribution >= 4 is 22.6 Å². The molecule has 0 radical (unpaired) electrons. The van der Waals surface area contributed by atoms with Gasteiger partial charge < -0.3 is 0 Å². The molecule has 57 heavy (non-hydrogen) atoms. The first-order chi connectivity index (χ1) is 28.2. The molecule has 2 saturated heterocycles. The second-order valence-corrected chi connectivity index (χ2v) is 16.4. The van der Waals surface area contributed by atoms with Gasteiger partial charge in [-0.3, -0.25) is 20.4 Å². The molecule has 0 saturated carbocycles. The Morgan fingerprint density at radius 1 is 0.368 bits per heavy atom. The second kappa shape index (κ2) is 17.7. The molecule has 6 atom stereocenters. The Bertz CT molecular complexity index is 2150. The predicted molar refractivity (Wildman–Crippen MR) is 241 cm³/mol. The summed E-state index contributed by atoms with van der Waals surface area (Å²) in [5.41, 5.74) is 10.7. The van der Waals surface area contributed by atoms with Crippen LogP contribution in [0.15, 0.2) is 200 Å². The molecule has 0 bridgehead atoms. The summed E-state index contributed by atoms with van der Waals surface area (Å²) < 4.78 is 1.31. The standard InChI is InChI=1S/C52H49IN4/c53-46-44(51-54-47(40-24-11-3-12-25-40)49(42-28-15-5-16-29-42)56(51)36-34-38-20-7-1-8-21-38)32-19-33-45(46)52-55-48(41-26-13-4-14-27-41)50(43-30-17-6-18-31-43)57(52)37-35-39-22-9-2-10-23-39/h1-33,47-52,54-55H,34-37H2/t47-,48-,49-,50-,51+,52+/m1/s1. The zero-order chi connectivity index (χ0) is 38.4. The molecule has 4 nitrogen and oxygen atoms in total. The highest BCUT2D eigenvalue weighted by Gasteiger charge is 2.46. The summed E-state index contributed by atoms with van der Waals surface area (Å²) in [5, 5.41) is 8.46. The van der Waals surface area contributed by atoms with Crippen molar-refractivity contribution in [3.05, 3.63) is 248 Å². The summed E-state index contributed by atoms with van der Waals surface area (Å²) in [5.74, 6) is 0. The number of nitrogens with one attached hydrogen (secondary N) is 2. The van der Waals surface area contributed by atoms with E-state index in [1.54, 1.807) is 0 Å². The zero-order valence-corrected chi connectivity index (χ0v) is 34.3. The lowest BCUT2D eigenvalue weighted by molar-refractivity contribution is 0.182. The molecule has 284 valence electrons.